The van der Waals surface area contributed by atoms with Crippen LogP contribution >= 0.6 is 0 Å². The molecule has 0 spiro atoms. The summed E-state index contributed by atoms with van der Waals surface area (Å²) < 4.78 is 5.39. The maximum Gasteiger partial charge on any atom is 0.417 e. The van der Waals surface area contributed by atoms with Crippen LogP contribution in [0.1, 0.15) is 51.7 Å². The van der Waals surface area contributed by atoms with Gasteiger partial charge in [0.2, 0.25) is 5.91 Å². The molecule has 4 nitrogen and oxygen atoms in total. The first kappa shape index (κ1) is 15.5. The third-order valence-corrected chi connectivity index (χ3v) is 4.21. The second kappa shape index (κ2) is 6.74. The molecule has 0 aliphatic carbocycles. The molecule has 1 aliphatic heterocycles. The van der Waals surface area contributed by atoms with Crippen molar-refractivity contribution in [2.45, 2.75) is 52.2 Å². The number of carbonyl (C=O) groups is 2. The molecule has 1 fully saturated rings. The summed E-state index contributed by atoms with van der Waals surface area (Å²) in [5.74, 6) is 0.360. The van der Waals surface area contributed by atoms with Crippen LogP contribution in [0.4, 0.5) is 4.79 Å². The van der Waals surface area contributed by atoms with E-state index in [-0.39, 0.29) is 18.1 Å². The molecule has 4 heteroatoms. The van der Waals surface area contributed by atoms with Crippen LogP contribution in [-0.4, -0.2) is 22.9 Å². The van der Waals surface area contributed by atoms with Crippen molar-refractivity contribution in [3.05, 3.63) is 35.9 Å². The number of cyclic esters (lactones) is 1. The molecule has 1 aliphatic rings. The molecule has 0 saturated carbocycles. The molecule has 3 atom stereocenters. The summed E-state index contributed by atoms with van der Waals surface area (Å²) in [5, 5.41) is 0. The monoisotopic (exact) mass is 289 g/mol. The lowest BCUT2D eigenvalue weighted by molar-refractivity contribution is -0.129. The second-order valence-electron chi connectivity index (χ2n) is 5.77. The maximum atomic E-state index is 12.3. The van der Waals surface area contributed by atoms with Gasteiger partial charge in [-0.25, -0.2) is 9.69 Å². The minimum Gasteiger partial charge on any atom is -0.439 e. The van der Waals surface area contributed by atoms with Crippen molar-refractivity contribution < 1.29 is 14.3 Å². The minimum atomic E-state index is -0.523. The number of benzene rings is 1. The lowest BCUT2D eigenvalue weighted by Crippen LogP contribution is -2.37. The topological polar surface area (TPSA) is 46.6 Å². The van der Waals surface area contributed by atoms with Crippen LogP contribution in [0.5, 0.6) is 0 Å². The summed E-state index contributed by atoms with van der Waals surface area (Å²) in [6.07, 6.45) is 1.36. The van der Waals surface area contributed by atoms with Crippen molar-refractivity contribution in [2.75, 3.05) is 0 Å². The first-order chi connectivity index (χ1) is 10.0. The van der Waals surface area contributed by atoms with Crippen molar-refractivity contribution in [1.82, 2.24) is 4.90 Å². The van der Waals surface area contributed by atoms with Crippen LogP contribution in [0.25, 0.3) is 0 Å². The van der Waals surface area contributed by atoms with Crippen molar-refractivity contribution in [3.63, 3.8) is 0 Å². The van der Waals surface area contributed by atoms with Gasteiger partial charge in [-0.3, -0.25) is 4.79 Å². The standard InChI is InChI=1S/C17H23NO3/c1-4-12(2)10-11-15(19)18-13(3)16(21-17(18)20)14-8-6-5-7-9-14/h5-9,12-13,16H,4,10-11H2,1-3H3/t12-,13+,16+/m0/s1. The quantitative estimate of drug-likeness (QED) is 0.825. The fourth-order valence-corrected chi connectivity index (χ4v) is 2.58. The van der Waals surface area contributed by atoms with Crippen molar-refractivity contribution >= 4 is 12.0 Å². The Morgan fingerprint density at radius 2 is 2.00 bits per heavy atom. The Hall–Kier alpha value is -1.84. The van der Waals surface area contributed by atoms with Gasteiger partial charge in [0.25, 0.3) is 0 Å². The summed E-state index contributed by atoms with van der Waals surface area (Å²) >= 11 is 0. The van der Waals surface area contributed by atoms with Crippen molar-refractivity contribution in [3.8, 4) is 0 Å². The highest BCUT2D eigenvalue weighted by Gasteiger charge is 2.42. The maximum absolute atomic E-state index is 12.3. The highest BCUT2D eigenvalue weighted by atomic mass is 16.6. The van der Waals surface area contributed by atoms with Gasteiger partial charge in [-0.2, -0.15) is 0 Å². The predicted octanol–water partition coefficient (Wildman–Crippen LogP) is 3.92. The smallest absolute Gasteiger partial charge is 0.417 e. The van der Waals surface area contributed by atoms with Crippen molar-refractivity contribution in [1.29, 1.82) is 0 Å². The van der Waals surface area contributed by atoms with Gasteiger partial charge in [0, 0.05) is 6.42 Å². The van der Waals surface area contributed by atoms with Gasteiger partial charge in [-0.1, -0.05) is 50.6 Å². The highest BCUT2D eigenvalue weighted by Crippen LogP contribution is 2.32. The normalized spacial score (nSPS) is 23.0. The number of ether oxygens (including phenoxy) is 1. The zero-order valence-electron chi connectivity index (χ0n) is 12.9. The van der Waals surface area contributed by atoms with E-state index in [1.165, 1.54) is 4.90 Å². The molecule has 2 rings (SSSR count). The van der Waals surface area contributed by atoms with E-state index in [1.807, 2.05) is 37.3 Å². The molecule has 1 heterocycles. The van der Waals surface area contributed by atoms with Crippen LogP contribution in [-0.2, 0) is 9.53 Å². The molecule has 0 N–H and O–H groups in total. The Kier molecular flexibility index (Phi) is 4.99. The molecule has 0 aromatic heterocycles. The Morgan fingerprint density at radius 1 is 1.33 bits per heavy atom. The van der Waals surface area contributed by atoms with E-state index in [1.54, 1.807) is 0 Å². The summed E-state index contributed by atoms with van der Waals surface area (Å²) in [4.78, 5) is 25.6. The number of hydrogen-bond donors (Lipinski definition) is 0. The fraction of sp³-hybridized carbons (Fsp3) is 0.529. The Labute approximate surface area is 126 Å². The molecule has 0 radical (unpaired) electrons. The van der Waals surface area contributed by atoms with Gasteiger partial charge in [0.15, 0.2) is 0 Å². The molecule has 1 aromatic carbocycles. The van der Waals surface area contributed by atoms with Gasteiger partial charge >= 0.3 is 6.09 Å². The van der Waals surface area contributed by atoms with E-state index in [0.717, 1.165) is 18.4 Å². The van der Waals surface area contributed by atoms with E-state index in [4.69, 9.17) is 4.74 Å². The van der Waals surface area contributed by atoms with Gasteiger partial charge in [0.05, 0.1) is 6.04 Å². The molecule has 1 saturated heterocycles. The first-order valence-electron chi connectivity index (χ1n) is 7.62. The Morgan fingerprint density at radius 3 is 2.62 bits per heavy atom. The average Bonchev–Trinajstić information content (AvgIpc) is 2.80. The van der Waals surface area contributed by atoms with Gasteiger partial charge in [-0.15, -0.1) is 0 Å². The third kappa shape index (κ3) is 3.43. The number of imide groups is 1. The van der Waals surface area contributed by atoms with Crippen LogP contribution in [0, 0.1) is 5.92 Å². The Balaban J connectivity index is 2.04. The summed E-state index contributed by atoms with van der Waals surface area (Å²) in [7, 11) is 0. The minimum absolute atomic E-state index is 0.133. The lowest BCUT2D eigenvalue weighted by atomic mass is 10.0. The van der Waals surface area contributed by atoms with E-state index >= 15 is 0 Å². The molecule has 114 valence electrons. The zero-order chi connectivity index (χ0) is 15.4. The van der Waals surface area contributed by atoms with E-state index < -0.39 is 6.09 Å². The lowest BCUT2D eigenvalue weighted by Gasteiger charge is -2.20. The number of nitrogens with zero attached hydrogens (tertiary/aromatic N) is 1. The van der Waals surface area contributed by atoms with E-state index in [0.29, 0.717) is 12.3 Å². The number of hydrogen-bond acceptors (Lipinski definition) is 3. The van der Waals surface area contributed by atoms with E-state index in [2.05, 4.69) is 13.8 Å². The number of carbonyl (C=O) groups excluding carboxylic acids is 2. The van der Waals surface area contributed by atoms with Gasteiger partial charge in [-0.05, 0) is 24.8 Å². The molecular weight excluding hydrogens is 266 g/mol. The van der Waals surface area contributed by atoms with Crippen LogP contribution in [0.2, 0.25) is 0 Å². The molecule has 0 bridgehead atoms. The summed E-state index contributed by atoms with van der Waals surface area (Å²) in [6.45, 7) is 6.09. The van der Waals surface area contributed by atoms with Crippen molar-refractivity contribution in [2.24, 2.45) is 5.92 Å². The van der Waals surface area contributed by atoms with Gasteiger partial charge in [0.1, 0.15) is 6.10 Å². The second-order valence-corrected chi connectivity index (χ2v) is 5.77. The predicted molar refractivity (Wildman–Crippen MR) is 80.7 cm³/mol. The van der Waals surface area contributed by atoms with Crippen LogP contribution < -0.4 is 0 Å². The molecule has 2 amide bonds. The molecule has 21 heavy (non-hydrogen) atoms. The zero-order valence-corrected chi connectivity index (χ0v) is 12.9. The number of amides is 2. The number of rotatable bonds is 5. The van der Waals surface area contributed by atoms with Gasteiger partial charge < -0.3 is 4.74 Å². The average molecular weight is 289 g/mol. The largest absolute Gasteiger partial charge is 0.439 e. The van der Waals surface area contributed by atoms with Crippen LogP contribution in [0.15, 0.2) is 30.3 Å². The SMILES string of the molecule is CC[C@H](C)CCC(=O)N1C(=O)O[C@@H](c2ccccc2)[C@H]1C. The fourth-order valence-electron chi connectivity index (χ4n) is 2.58. The van der Waals surface area contributed by atoms with Crippen LogP contribution in [0.3, 0.4) is 0 Å². The summed E-state index contributed by atoms with van der Waals surface area (Å²) in [6, 6.07) is 9.31. The Bertz CT molecular complexity index is 500. The van der Waals surface area contributed by atoms with E-state index in [9.17, 15) is 9.59 Å². The molecular formula is C17H23NO3. The molecule has 1 aromatic rings. The molecule has 0 unspecified atom stereocenters. The highest BCUT2D eigenvalue weighted by molar-refractivity contribution is 5.93. The first-order valence-corrected chi connectivity index (χ1v) is 7.62. The summed E-state index contributed by atoms with van der Waals surface area (Å²) in [5.41, 5.74) is 0.926. The third-order valence-electron chi connectivity index (χ3n) is 4.21.